The van der Waals surface area contributed by atoms with Crippen molar-refractivity contribution in [3.8, 4) is 0 Å². The standard InChI is InChI=1S/C17H24ClNO2/c1-2-13-7-9-17(21,10-8-13)12-19-16(20)11-14-5-3-4-6-15(14)18/h3-6,13,21H,2,7-12H2,1H3,(H,19,20). The van der Waals surface area contributed by atoms with E-state index in [2.05, 4.69) is 12.2 Å². The molecule has 1 aromatic rings. The SMILES string of the molecule is CCC1CCC(O)(CNC(=O)Cc2ccccc2Cl)CC1. The summed E-state index contributed by atoms with van der Waals surface area (Å²) in [5, 5.41) is 14.0. The van der Waals surface area contributed by atoms with Gasteiger partial charge in [0, 0.05) is 11.6 Å². The number of hydrogen-bond acceptors (Lipinski definition) is 2. The molecular formula is C17H24ClNO2. The van der Waals surface area contributed by atoms with Crippen molar-refractivity contribution in [2.24, 2.45) is 5.92 Å². The van der Waals surface area contributed by atoms with Crippen LogP contribution in [0.25, 0.3) is 0 Å². The lowest BCUT2D eigenvalue weighted by Crippen LogP contribution is -2.45. The van der Waals surface area contributed by atoms with Gasteiger partial charge in [0.15, 0.2) is 0 Å². The third kappa shape index (κ3) is 4.72. The molecule has 0 saturated heterocycles. The minimum atomic E-state index is -0.734. The highest BCUT2D eigenvalue weighted by molar-refractivity contribution is 6.31. The highest BCUT2D eigenvalue weighted by Gasteiger charge is 2.32. The van der Waals surface area contributed by atoms with Crippen molar-refractivity contribution in [2.75, 3.05) is 6.54 Å². The summed E-state index contributed by atoms with van der Waals surface area (Å²) in [4.78, 5) is 12.0. The number of benzene rings is 1. The van der Waals surface area contributed by atoms with Gasteiger partial charge in [-0.1, -0.05) is 43.1 Å². The Balaban J connectivity index is 1.80. The monoisotopic (exact) mass is 309 g/mol. The van der Waals surface area contributed by atoms with Crippen LogP contribution in [-0.4, -0.2) is 23.2 Å². The zero-order chi connectivity index (χ0) is 15.3. The van der Waals surface area contributed by atoms with Gasteiger partial charge in [-0.3, -0.25) is 4.79 Å². The molecule has 21 heavy (non-hydrogen) atoms. The molecule has 0 radical (unpaired) electrons. The van der Waals surface area contributed by atoms with Crippen molar-refractivity contribution in [2.45, 2.75) is 51.0 Å². The Hall–Kier alpha value is -1.06. The van der Waals surface area contributed by atoms with Gasteiger partial charge in [-0.05, 0) is 43.2 Å². The molecule has 2 N–H and O–H groups in total. The van der Waals surface area contributed by atoms with E-state index in [4.69, 9.17) is 11.6 Å². The lowest BCUT2D eigenvalue weighted by atomic mass is 9.78. The normalized spacial score (nSPS) is 25.6. The van der Waals surface area contributed by atoms with Gasteiger partial charge in [-0.25, -0.2) is 0 Å². The average Bonchev–Trinajstić information content (AvgIpc) is 2.49. The summed E-state index contributed by atoms with van der Waals surface area (Å²) in [6.07, 6.45) is 5.08. The molecule has 1 saturated carbocycles. The molecule has 0 spiro atoms. The molecular weight excluding hydrogens is 286 g/mol. The number of nitrogens with one attached hydrogen (secondary N) is 1. The molecule has 4 heteroatoms. The molecule has 116 valence electrons. The lowest BCUT2D eigenvalue weighted by Gasteiger charge is -2.35. The zero-order valence-corrected chi connectivity index (χ0v) is 13.3. The van der Waals surface area contributed by atoms with Crippen molar-refractivity contribution >= 4 is 17.5 Å². The van der Waals surface area contributed by atoms with Crippen molar-refractivity contribution in [3.05, 3.63) is 34.9 Å². The maximum absolute atomic E-state index is 12.0. The molecule has 2 rings (SSSR count). The van der Waals surface area contributed by atoms with Crippen molar-refractivity contribution in [1.29, 1.82) is 0 Å². The summed E-state index contributed by atoms with van der Waals surface area (Å²) in [6.45, 7) is 2.53. The van der Waals surface area contributed by atoms with E-state index in [-0.39, 0.29) is 12.3 Å². The van der Waals surface area contributed by atoms with Gasteiger partial charge in [0.2, 0.25) is 5.91 Å². The van der Waals surface area contributed by atoms with E-state index < -0.39 is 5.60 Å². The van der Waals surface area contributed by atoms with Gasteiger partial charge in [0.1, 0.15) is 0 Å². The smallest absolute Gasteiger partial charge is 0.224 e. The lowest BCUT2D eigenvalue weighted by molar-refractivity contribution is -0.122. The van der Waals surface area contributed by atoms with Gasteiger partial charge in [0.05, 0.1) is 12.0 Å². The average molecular weight is 310 g/mol. The maximum atomic E-state index is 12.0. The van der Waals surface area contributed by atoms with E-state index in [9.17, 15) is 9.90 Å². The highest BCUT2D eigenvalue weighted by atomic mass is 35.5. The van der Waals surface area contributed by atoms with E-state index in [1.807, 2.05) is 18.2 Å². The molecule has 1 aliphatic rings. The molecule has 0 aromatic heterocycles. The van der Waals surface area contributed by atoms with Gasteiger partial charge in [-0.2, -0.15) is 0 Å². The van der Waals surface area contributed by atoms with Gasteiger partial charge < -0.3 is 10.4 Å². The second-order valence-electron chi connectivity index (χ2n) is 6.12. The van der Waals surface area contributed by atoms with Crippen LogP contribution in [-0.2, 0) is 11.2 Å². The number of carbonyl (C=O) groups excluding carboxylic acids is 1. The van der Waals surface area contributed by atoms with Crippen molar-refractivity contribution in [1.82, 2.24) is 5.32 Å². The number of carbonyl (C=O) groups is 1. The summed E-state index contributed by atoms with van der Waals surface area (Å²) >= 11 is 6.05. The van der Waals surface area contributed by atoms with Crippen molar-refractivity contribution < 1.29 is 9.90 Å². The van der Waals surface area contributed by atoms with Gasteiger partial charge in [-0.15, -0.1) is 0 Å². The molecule has 1 fully saturated rings. The van der Waals surface area contributed by atoms with E-state index in [0.717, 1.165) is 37.2 Å². The Labute approximate surface area is 131 Å². The first-order chi connectivity index (χ1) is 10.0. The van der Waals surface area contributed by atoms with E-state index in [1.54, 1.807) is 6.07 Å². The summed E-state index contributed by atoms with van der Waals surface area (Å²) in [5.41, 5.74) is 0.0836. The van der Waals surface area contributed by atoms with Crippen LogP contribution in [0.15, 0.2) is 24.3 Å². The molecule has 0 unspecified atom stereocenters. The third-order valence-corrected chi connectivity index (χ3v) is 4.91. The van der Waals surface area contributed by atoms with E-state index in [0.29, 0.717) is 11.6 Å². The summed E-state index contributed by atoms with van der Waals surface area (Å²) in [6, 6.07) is 7.35. The first-order valence-corrected chi connectivity index (χ1v) is 8.13. The summed E-state index contributed by atoms with van der Waals surface area (Å²) < 4.78 is 0. The number of hydrogen-bond donors (Lipinski definition) is 2. The molecule has 1 aromatic carbocycles. The van der Waals surface area contributed by atoms with Crippen LogP contribution in [0.3, 0.4) is 0 Å². The minimum absolute atomic E-state index is 0.0888. The molecule has 0 heterocycles. The number of aliphatic hydroxyl groups is 1. The topological polar surface area (TPSA) is 49.3 Å². The number of halogens is 1. The fraction of sp³-hybridized carbons (Fsp3) is 0.588. The quantitative estimate of drug-likeness (QED) is 0.876. The van der Waals surface area contributed by atoms with Gasteiger partial charge in [0.25, 0.3) is 0 Å². The Morgan fingerprint density at radius 1 is 1.38 bits per heavy atom. The molecule has 0 atom stereocenters. The van der Waals surface area contributed by atoms with Crippen LogP contribution in [0.5, 0.6) is 0 Å². The van der Waals surface area contributed by atoms with Crippen LogP contribution < -0.4 is 5.32 Å². The largest absolute Gasteiger partial charge is 0.388 e. The summed E-state index contributed by atoms with van der Waals surface area (Å²) in [7, 11) is 0. The predicted octanol–water partition coefficient (Wildman–Crippen LogP) is 3.33. The van der Waals surface area contributed by atoms with Crippen LogP contribution in [0.2, 0.25) is 5.02 Å². The molecule has 1 amide bonds. The van der Waals surface area contributed by atoms with Crippen molar-refractivity contribution in [3.63, 3.8) is 0 Å². The number of amides is 1. The van der Waals surface area contributed by atoms with Crippen LogP contribution in [0, 0.1) is 5.92 Å². The zero-order valence-electron chi connectivity index (χ0n) is 12.6. The Kier molecular flexibility index (Phi) is 5.65. The Morgan fingerprint density at radius 3 is 2.67 bits per heavy atom. The van der Waals surface area contributed by atoms with Crippen LogP contribution in [0.4, 0.5) is 0 Å². The molecule has 3 nitrogen and oxygen atoms in total. The fourth-order valence-corrected chi connectivity index (χ4v) is 3.14. The Morgan fingerprint density at radius 2 is 2.05 bits per heavy atom. The predicted molar refractivity (Wildman–Crippen MR) is 85.4 cm³/mol. The van der Waals surface area contributed by atoms with Gasteiger partial charge >= 0.3 is 0 Å². The number of rotatable bonds is 5. The Bertz CT molecular complexity index is 481. The van der Waals surface area contributed by atoms with E-state index in [1.165, 1.54) is 6.42 Å². The van der Waals surface area contributed by atoms with E-state index >= 15 is 0 Å². The maximum Gasteiger partial charge on any atom is 0.224 e. The molecule has 0 bridgehead atoms. The highest BCUT2D eigenvalue weighted by Crippen LogP contribution is 2.33. The fourth-order valence-electron chi connectivity index (χ4n) is 2.94. The second-order valence-corrected chi connectivity index (χ2v) is 6.53. The summed E-state index contributed by atoms with van der Waals surface area (Å²) in [5.74, 6) is 0.637. The van der Waals surface area contributed by atoms with Crippen LogP contribution >= 0.6 is 11.6 Å². The third-order valence-electron chi connectivity index (χ3n) is 4.54. The first-order valence-electron chi connectivity index (χ1n) is 7.75. The first kappa shape index (κ1) is 16.3. The molecule has 1 aliphatic carbocycles. The second kappa shape index (κ2) is 7.28. The molecule has 0 aliphatic heterocycles. The van der Waals surface area contributed by atoms with Crippen LogP contribution in [0.1, 0.15) is 44.6 Å². The minimum Gasteiger partial charge on any atom is -0.388 e.